The Labute approximate surface area is 170 Å². The maximum Gasteiger partial charge on any atom is 0.222 e. The van der Waals surface area contributed by atoms with Gasteiger partial charge in [-0.25, -0.2) is 0 Å². The molecule has 1 aromatic carbocycles. The smallest absolute Gasteiger partial charge is 0.222 e. The van der Waals surface area contributed by atoms with Crippen LogP contribution in [0.3, 0.4) is 0 Å². The molecule has 0 aromatic heterocycles. The molecule has 1 heterocycles. The van der Waals surface area contributed by atoms with Gasteiger partial charge in [-0.3, -0.25) is 9.69 Å². The van der Waals surface area contributed by atoms with Gasteiger partial charge in [-0.2, -0.15) is 0 Å². The summed E-state index contributed by atoms with van der Waals surface area (Å²) in [4.78, 5) is 17.1. The summed E-state index contributed by atoms with van der Waals surface area (Å²) in [5.41, 5.74) is 7.49. The minimum absolute atomic E-state index is 0. The number of halogens is 2. The third kappa shape index (κ3) is 6.12. The molecular formula is C20H33Cl2N3O. The lowest BCUT2D eigenvalue weighted by Gasteiger charge is -2.37. The Kier molecular flexibility index (Phi) is 9.94. The first-order valence-corrected chi connectivity index (χ1v) is 9.41. The monoisotopic (exact) mass is 401 g/mol. The SMILES string of the molecule is CN(C(=O)C[C@@H]1CCC[C@H]1N)C1CCN(Cc2ccccc2)CC1.Cl.Cl. The van der Waals surface area contributed by atoms with Gasteiger partial charge in [0, 0.05) is 45.2 Å². The summed E-state index contributed by atoms with van der Waals surface area (Å²) in [6.45, 7) is 3.16. The van der Waals surface area contributed by atoms with E-state index >= 15 is 0 Å². The zero-order chi connectivity index (χ0) is 16.9. The van der Waals surface area contributed by atoms with Crippen LogP contribution in [0.5, 0.6) is 0 Å². The van der Waals surface area contributed by atoms with Gasteiger partial charge in [0.05, 0.1) is 0 Å². The number of likely N-dealkylation sites (tertiary alicyclic amines) is 1. The first kappa shape index (κ1) is 23.2. The van der Waals surface area contributed by atoms with E-state index in [4.69, 9.17) is 5.73 Å². The van der Waals surface area contributed by atoms with Gasteiger partial charge in [0.25, 0.3) is 0 Å². The zero-order valence-electron chi connectivity index (χ0n) is 15.7. The first-order valence-electron chi connectivity index (χ1n) is 9.41. The molecule has 1 saturated carbocycles. The molecule has 0 spiro atoms. The van der Waals surface area contributed by atoms with Crippen molar-refractivity contribution in [3.63, 3.8) is 0 Å². The highest BCUT2D eigenvalue weighted by Gasteiger charge is 2.30. The van der Waals surface area contributed by atoms with Gasteiger partial charge in [-0.15, -0.1) is 24.8 Å². The second kappa shape index (κ2) is 11.1. The summed E-state index contributed by atoms with van der Waals surface area (Å²) >= 11 is 0. The molecule has 0 unspecified atom stereocenters. The number of amides is 1. The van der Waals surface area contributed by atoms with Crippen molar-refractivity contribution in [1.29, 1.82) is 0 Å². The van der Waals surface area contributed by atoms with Crippen LogP contribution < -0.4 is 5.73 Å². The standard InChI is InChI=1S/C20H31N3O.2ClH/c1-22(20(24)14-17-8-5-9-19(17)21)18-10-12-23(13-11-18)15-16-6-3-2-4-7-16;;/h2-4,6-7,17-19H,5,8-15,21H2,1H3;2*1H/t17-,19+;;/m0../s1. The van der Waals surface area contributed by atoms with Crippen molar-refractivity contribution in [2.75, 3.05) is 20.1 Å². The van der Waals surface area contributed by atoms with Crippen molar-refractivity contribution in [1.82, 2.24) is 9.80 Å². The quantitative estimate of drug-likeness (QED) is 0.821. The lowest BCUT2D eigenvalue weighted by molar-refractivity contribution is -0.134. The van der Waals surface area contributed by atoms with E-state index < -0.39 is 0 Å². The fourth-order valence-electron chi connectivity index (χ4n) is 4.20. The zero-order valence-corrected chi connectivity index (χ0v) is 17.3. The number of nitrogens with zero attached hydrogens (tertiary/aromatic N) is 2. The van der Waals surface area contributed by atoms with Crippen LogP contribution in [0.15, 0.2) is 30.3 Å². The van der Waals surface area contributed by atoms with E-state index in [0.29, 0.717) is 24.3 Å². The summed E-state index contributed by atoms with van der Waals surface area (Å²) in [6, 6.07) is 11.3. The van der Waals surface area contributed by atoms with Crippen molar-refractivity contribution in [3.8, 4) is 0 Å². The normalized spacial score (nSPS) is 23.8. The van der Waals surface area contributed by atoms with E-state index in [9.17, 15) is 4.79 Å². The van der Waals surface area contributed by atoms with Crippen LogP contribution in [0.4, 0.5) is 0 Å². The minimum Gasteiger partial charge on any atom is -0.343 e. The maximum atomic E-state index is 12.6. The minimum atomic E-state index is 0. The third-order valence-corrected chi connectivity index (χ3v) is 5.90. The molecule has 1 amide bonds. The number of carbonyl (C=O) groups is 1. The van der Waals surface area contributed by atoms with Crippen molar-refractivity contribution < 1.29 is 4.79 Å². The number of piperidine rings is 1. The van der Waals surface area contributed by atoms with Crippen LogP contribution in [0.2, 0.25) is 0 Å². The topological polar surface area (TPSA) is 49.6 Å². The average molecular weight is 402 g/mol. The molecule has 148 valence electrons. The van der Waals surface area contributed by atoms with Gasteiger partial charge in [-0.05, 0) is 37.2 Å². The van der Waals surface area contributed by atoms with Gasteiger partial charge in [0.2, 0.25) is 5.91 Å². The summed E-state index contributed by atoms with van der Waals surface area (Å²) in [5, 5.41) is 0. The van der Waals surface area contributed by atoms with E-state index in [-0.39, 0.29) is 30.9 Å². The highest BCUT2D eigenvalue weighted by atomic mass is 35.5. The predicted molar refractivity (Wildman–Crippen MR) is 112 cm³/mol. The Morgan fingerprint density at radius 1 is 1.12 bits per heavy atom. The third-order valence-electron chi connectivity index (χ3n) is 5.90. The number of hydrogen-bond donors (Lipinski definition) is 1. The van der Waals surface area contributed by atoms with Crippen LogP contribution >= 0.6 is 24.8 Å². The molecule has 1 saturated heterocycles. The summed E-state index contributed by atoms with van der Waals surface area (Å²) in [5.74, 6) is 0.692. The molecule has 1 aromatic rings. The second-order valence-corrected chi connectivity index (χ2v) is 7.56. The Balaban J connectivity index is 0.00000169. The summed E-state index contributed by atoms with van der Waals surface area (Å²) < 4.78 is 0. The summed E-state index contributed by atoms with van der Waals surface area (Å²) in [6.07, 6.45) is 6.18. The van der Waals surface area contributed by atoms with Crippen LogP contribution in [0.25, 0.3) is 0 Å². The molecule has 6 heteroatoms. The highest BCUT2D eigenvalue weighted by Crippen LogP contribution is 2.28. The lowest BCUT2D eigenvalue weighted by Crippen LogP contribution is -2.46. The van der Waals surface area contributed by atoms with Crippen LogP contribution in [0, 0.1) is 5.92 Å². The van der Waals surface area contributed by atoms with E-state index in [2.05, 4.69) is 35.2 Å². The molecule has 2 aliphatic rings. The van der Waals surface area contributed by atoms with Crippen LogP contribution in [-0.2, 0) is 11.3 Å². The number of carbonyl (C=O) groups excluding carboxylic acids is 1. The number of rotatable bonds is 5. The molecule has 1 aliphatic heterocycles. The molecular weight excluding hydrogens is 369 g/mol. The molecule has 2 fully saturated rings. The molecule has 2 atom stereocenters. The average Bonchev–Trinajstić information content (AvgIpc) is 3.00. The highest BCUT2D eigenvalue weighted by molar-refractivity contribution is 5.85. The molecule has 3 rings (SSSR count). The van der Waals surface area contributed by atoms with E-state index in [1.807, 2.05) is 11.9 Å². The Hall–Kier alpha value is -0.810. The van der Waals surface area contributed by atoms with Gasteiger partial charge < -0.3 is 10.6 Å². The fraction of sp³-hybridized carbons (Fsp3) is 0.650. The Morgan fingerprint density at radius 2 is 1.77 bits per heavy atom. The maximum absolute atomic E-state index is 12.6. The van der Waals surface area contributed by atoms with Crippen LogP contribution in [-0.4, -0.2) is 47.9 Å². The van der Waals surface area contributed by atoms with E-state index in [1.165, 1.54) is 12.0 Å². The number of nitrogens with two attached hydrogens (primary N) is 1. The van der Waals surface area contributed by atoms with Gasteiger partial charge in [0.1, 0.15) is 0 Å². The second-order valence-electron chi connectivity index (χ2n) is 7.56. The van der Waals surface area contributed by atoms with E-state index in [1.54, 1.807) is 0 Å². The molecule has 2 N–H and O–H groups in total. The van der Waals surface area contributed by atoms with Crippen molar-refractivity contribution in [3.05, 3.63) is 35.9 Å². The van der Waals surface area contributed by atoms with Gasteiger partial charge in [0.15, 0.2) is 0 Å². The largest absolute Gasteiger partial charge is 0.343 e. The molecule has 0 bridgehead atoms. The summed E-state index contributed by atoms with van der Waals surface area (Å²) in [7, 11) is 1.99. The molecule has 0 radical (unpaired) electrons. The van der Waals surface area contributed by atoms with Gasteiger partial charge in [-0.1, -0.05) is 36.8 Å². The molecule has 1 aliphatic carbocycles. The Bertz CT molecular complexity index is 535. The van der Waals surface area contributed by atoms with Crippen molar-refractivity contribution in [2.45, 2.75) is 57.2 Å². The molecule has 4 nitrogen and oxygen atoms in total. The number of hydrogen-bond acceptors (Lipinski definition) is 3. The first-order chi connectivity index (χ1) is 11.6. The molecule has 26 heavy (non-hydrogen) atoms. The van der Waals surface area contributed by atoms with Crippen molar-refractivity contribution >= 4 is 30.7 Å². The van der Waals surface area contributed by atoms with Crippen molar-refractivity contribution in [2.24, 2.45) is 11.7 Å². The lowest BCUT2D eigenvalue weighted by atomic mass is 9.97. The van der Waals surface area contributed by atoms with Gasteiger partial charge >= 0.3 is 0 Å². The predicted octanol–water partition coefficient (Wildman–Crippen LogP) is 3.47. The Morgan fingerprint density at radius 3 is 2.35 bits per heavy atom. The fourth-order valence-corrected chi connectivity index (χ4v) is 4.20. The number of benzene rings is 1. The van der Waals surface area contributed by atoms with Crippen LogP contribution in [0.1, 0.15) is 44.1 Å². The van der Waals surface area contributed by atoms with E-state index in [0.717, 1.165) is 45.3 Å².